The number of aryl methyl sites for hydroxylation is 1. The van der Waals surface area contributed by atoms with Gasteiger partial charge < -0.3 is 25.7 Å². The molecule has 4 N–H and O–H groups in total. The van der Waals surface area contributed by atoms with Crippen LogP contribution in [0, 0.1) is 6.92 Å². The molecule has 1 aliphatic carbocycles. The molecular weight excluding hydrogens is 430 g/mol. The van der Waals surface area contributed by atoms with E-state index in [1.807, 2.05) is 32.0 Å². The number of ether oxygens (including phenoxy) is 1. The van der Waals surface area contributed by atoms with Gasteiger partial charge in [-0.2, -0.15) is 9.97 Å². The van der Waals surface area contributed by atoms with Gasteiger partial charge in [0.2, 0.25) is 11.9 Å². The average Bonchev–Trinajstić information content (AvgIpc) is 3.32. The summed E-state index contributed by atoms with van der Waals surface area (Å²) < 4.78 is 5.88. The van der Waals surface area contributed by atoms with E-state index in [-0.39, 0.29) is 5.91 Å². The molecule has 4 rings (SSSR count). The molecule has 1 amide bonds. The smallest absolute Gasteiger partial charge is 0.231 e. The zero-order valence-electron chi connectivity index (χ0n) is 20.1. The minimum Gasteiger partial charge on any atom is -0.494 e. The van der Waals surface area contributed by atoms with Crippen molar-refractivity contribution in [2.75, 3.05) is 23.8 Å². The molecule has 0 radical (unpaired) electrons. The fraction of sp³-hybridized carbons (Fsp3) is 0.520. The lowest BCUT2D eigenvalue weighted by Crippen LogP contribution is -2.23. The van der Waals surface area contributed by atoms with E-state index >= 15 is 0 Å². The minimum absolute atomic E-state index is 0.0898. The molecule has 9 nitrogen and oxygen atoms in total. The molecule has 9 heteroatoms. The number of nitrogens with one attached hydrogen (secondary N) is 4. The molecule has 0 bridgehead atoms. The molecular formula is C25H35N7O2. The molecule has 1 fully saturated rings. The Balaban J connectivity index is 1.35. The second-order valence-corrected chi connectivity index (χ2v) is 8.84. The van der Waals surface area contributed by atoms with E-state index in [0.717, 1.165) is 54.0 Å². The maximum atomic E-state index is 11.3. The lowest BCUT2D eigenvalue weighted by atomic mass is 9.95. The highest BCUT2D eigenvalue weighted by Crippen LogP contribution is 2.28. The van der Waals surface area contributed by atoms with E-state index in [2.05, 4.69) is 30.9 Å². The Labute approximate surface area is 200 Å². The van der Waals surface area contributed by atoms with Gasteiger partial charge in [-0.1, -0.05) is 26.2 Å². The highest BCUT2D eigenvalue weighted by Gasteiger charge is 2.17. The van der Waals surface area contributed by atoms with E-state index in [1.54, 1.807) is 6.33 Å². The second-order valence-electron chi connectivity index (χ2n) is 8.84. The normalized spacial score (nSPS) is 14.2. The summed E-state index contributed by atoms with van der Waals surface area (Å²) in [5, 5.41) is 9.83. The number of hydrogen-bond acceptors (Lipinski definition) is 7. The van der Waals surface area contributed by atoms with Gasteiger partial charge in [-0.05, 0) is 56.4 Å². The van der Waals surface area contributed by atoms with Crippen molar-refractivity contribution in [1.29, 1.82) is 0 Å². The highest BCUT2D eigenvalue weighted by molar-refractivity contribution is 5.84. The number of anilines is 3. The topological polar surface area (TPSA) is 117 Å². The van der Waals surface area contributed by atoms with Crippen LogP contribution in [0.5, 0.6) is 5.75 Å². The molecule has 0 atom stereocenters. The predicted octanol–water partition coefficient (Wildman–Crippen LogP) is 4.83. The van der Waals surface area contributed by atoms with Crippen LogP contribution in [0.1, 0.15) is 63.9 Å². The molecule has 0 aliphatic heterocycles. The molecule has 0 saturated heterocycles. The van der Waals surface area contributed by atoms with Gasteiger partial charge in [0.05, 0.1) is 12.9 Å². The van der Waals surface area contributed by atoms with Crippen LogP contribution in [0.25, 0.3) is 11.2 Å². The van der Waals surface area contributed by atoms with Gasteiger partial charge in [-0.15, -0.1) is 0 Å². The van der Waals surface area contributed by atoms with Crippen LogP contribution in [-0.4, -0.2) is 45.0 Å². The van der Waals surface area contributed by atoms with Crippen molar-refractivity contribution in [3.63, 3.8) is 0 Å². The molecule has 182 valence electrons. The van der Waals surface area contributed by atoms with Crippen LogP contribution in [-0.2, 0) is 4.79 Å². The summed E-state index contributed by atoms with van der Waals surface area (Å²) in [6, 6.07) is 6.38. The first-order chi connectivity index (χ1) is 16.6. The van der Waals surface area contributed by atoms with Gasteiger partial charge in [0.15, 0.2) is 11.5 Å². The lowest BCUT2D eigenvalue weighted by Gasteiger charge is -2.23. The Morgan fingerprint density at radius 3 is 2.82 bits per heavy atom. The van der Waals surface area contributed by atoms with E-state index in [4.69, 9.17) is 9.72 Å². The number of amides is 1. The van der Waals surface area contributed by atoms with E-state index < -0.39 is 0 Å². The van der Waals surface area contributed by atoms with Gasteiger partial charge in [-0.25, -0.2) is 4.98 Å². The van der Waals surface area contributed by atoms with Crippen LogP contribution in [0.2, 0.25) is 0 Å². The molecule has 0 unspecified atom stereocenters. The number of fused-ring (bicyclic) bond motifs is 1. The fourth-order valence-electron chi connectivity index (χ4n) is 4.19. The second kappa shape index (κ2) is 11.7. The van der Waals surface area contributed by atoms with E-state index in [0.29, 0.717) is 37.2 Å². The minimum atomic E-state index is 0.0898. The molecule has 1 saturated carbocycles. The van der Waals surface area contributed by atoms with Crippen molar-refractivity contribution >= 4 is 34.5 Å². The molecule has 1 aliphatic rings. The number of carbonyl (C=O) groups excluding carboxylic acids is 1. The van der Waals surface area contributed by atoms with E-state index in [1.165, 1.54) is 19.3 Å². The largest absolute Gasteiger partial charge is 0.494 e. The first kappa shape index (κ1) is 23.8. The number of benzene rings is 1. The summed E-state index contributed by atoms with van der Waals surface area (Å²) >= 11 is 0. The number of imidazole rings is 1. The molecule has 3 aromatic rings. The Morgan fingerprint density at radius 2 is 2.03 bits per heavy atom. The summed E-state index contributed by atoms with van der Waals surface area (Å²) in [6.45, 7) is 5.19. The van der Waals surface area contributed by atoms with Crippen LogP contribution in [0.3, 0.4) is 0 Å². The Bertz CT molecular complexity index is 1090. The summed E-state index contributed by atoms with van der Waals surface area (Å²) in [7, 11) is 0. The maximum Gasteiger partial charge on any atom is 0.231 e. The third-order valence-corrected chi connectivity index (χ3v) is 6.16. The zero-order chi connectivity index (χ0) is 23.8. The number of rotatable bonds is 11. The molecule has 1 aromatic carbocycles. The molecule has 34 heavy (non-hydrogen) atoms. The number of carbonyl (C=O) groups is 1. The molecule has 0 spiro atoms. The summed E-state index contributed by atoms with van der Waals surface area (Å²) in [5.74, 6) is 2.23. The average molecular weight is 466 g/mol. The van der Waals surface area contributed by atoms with Crippen LogP contribution < -0.4 is 20.7 Å². The van der Waals surface area contributed by atoms with Crippen molar-refractivity contribution in [3.05, 3.63) is 30.1 Å². The quantitative estimate of drug-likeness (QED) is 0.300. The van der Waals surface area contributed by atoms with Crippen LogP contribution in [0.4, 0.5) is 17.5 Å². The Kier molecular flexibility index (Phi) is 8.17. The fourth-order valence-corrected chi connectivity index (χ4v) is 4.19. The summed E-state index contributed by atoms with van der Waals surface area (Å²) in [5.41, 5.74) is 3.45. The van der Waals surface area contributed by atoms with Gasteiger partial charge >= 0.3 is 0 Å². The van der Waals surface area contributed by atoms with Crippen LogP contribution in [0.15, 0.2) is 24.5 Å². The zero-order valence-corrected chi connectivity index (χ0v) is 20.1. The number of aromatic nitrogens is 4. The van der Waals surface area contributed by atoms with Gasteiger partial charge in [-0.3, -0.25) is 4.79 Å². The van der Waals surface area contributed by atoms with Crippen molar-refractivity contribution in [3.8, 4) is 5.75 Å². The maximum absolute atomic E-state index is 11.3. The Hall–Kier alpha value is -3.36. The first-order valence-corrected chi connectivity index (χ1v) is 12.4. The monoisotopic (exact) mass is 465 g/mol. The third kappa shape index (κ3) is 6.36. The number of aromatic amines is 1. The van der Waals surface area contributed by atoms with Crippen molar-refractivity contribution in [2.45, 2.75) is 71.3 Å². The van der Waals surface area contributed by atoms with Crippen molar-refractivity contribution < 1.29 is 9.53 Å². The number of hydrogen-bond donors (Lipinski definition) is 4. The summed E-state index contributed by atoms with van der Waals surface area (Å²) in [6.07, 6.45) is 10.1. The number of nitrogens with zero attached hydrogens (tertiary/aromatic N) is 3. The SMILES string of the molecule is CCC(=O)NCCCCOc1ccc(Nc2nc(NC3CCCCC3)c3[nH]cnc3n2)c(C)c1. The molecule has 2 heterocycles. The van der Waals surface area contributed by atoms with Gasteiger partial charge in [0, 0.05) is 24.7 Å². The standard InChI is InChI=1S/C25H35N7O2/c1-3-21(33)26-13-7-8-14-34-19-11-12-20(17(2)15-19)30-25-31-23-22(27-16-28-23)24(32-25)29-18-9-5-4-6-10-18/h11-12,15-16,18H,3-10,13-14H2,1-2H3,(H,26,33)(H3,27,28,29,30,31,32). The predicted molar refractivity (Wildman–Crippen MR) is 135 cm³/mol. The first-order valence-electron chi connectivity index (χ1n) is 12.4. The molecule has 2 aromatic heterocycles. The van der Waals surface area contributed by atoms with Gasteiger partial charge in [0.1, 0.15) is 11.3 Å². The number of H-pyrrole nitrogens is 1. The highest BCUT2D eigenvalue weighted by atomic mass is 16.5. The summed E-state index contributed by atoms with van der Waals surface area (Å²) in [4.78, 5) is 28.1. The third-order valence-electron chi connectivity index (χ3n) is 6.16. The lowest BCUT2D eigenvalue weighted by molar-refractivity contribution is -0.120. The van der Waals surface area contributed by atoms with Crippen molar-refractivity contribution in [2.24, 2.45) is 0 Å². The van der Waals surface area contributed by atoms with Crippen LogP contribution >= 0.6 is 0 Å². The van der Waals surface area contributed by atoms with Crippen molar-refractivity contribution in [1.82, 2.24) is 25.3 Å². The van der Waals surface area contributed by atoms with Gasteiger partial charge in [0.25, 0.3) is 0 Å². The number of unbranched alkanes of at least 4 members (excludes halogenated alkanes) is 1. The Morgan fingerprint density at radius 1 is 1.18 bits per heavy atom. The van der Waals surface area contributed by atoms with E-state index in [9.17, 15) is 4.79 Å².